The van der Waals surface area contributed by atoms with Gasteiger partial charge in [0.2, 0.25) is 0 Å². The Labute approximate surface area is 144 Å². The second-order valence-electron chi connectivity index (χ2n) is 7.84. The standard InChI is InChI=1S/C20H30O4/c1-12-8-14-5-4-13(2)17(20(14)18(9-12)23-3)7-6-16-10-15(21)11-19(22)24-16/h4-5,8,12-13,15-18,20-21H,6-7,9-11H2,1-3H3/t12-,13-,15+,16+,17-,18-,20-/m0/s1. The van der Waals surface area contributed by atoms with Crippen molar-refractivity contribution < 1.29 is 19.4 Å². The van der Waals surface area contributed by atoms with Crippen LogP contribution in [-0.2, 0) is 14.3 Å². The molecule has 0 aromatic carbocycles. The predicted octanol–water partition coefficient (Wildman–Crippen LogP) is 3.25. The van der Waals surface area contributed by atoms with Gasteiger partial charge in [0.25, 0.3) is 0 Å². The van der Waals surface area contributed by atoms with Gasteiger partial charge in [-0.25, -0.2) is 0 Å². The minimum atomic E-state index is -0.544. The summed E-state index contributed by atoms with van der Waals surface area (Å²) in [7, 11) is 1.82. The number of hydrogen-bond acceptors (Lipinski definition) is 4. The van der Waals surface area contributed by atoms with Gasteiger partial charge in [0.05, 0.1) is 18.6 Å². The largest absolute Gasteiger partial charge is 0.462 e. The fraction of sp³-hybridized carbons (Fsp3) is 0.750. The van der Waals surface area contributed by atoms with Gasteiger partial charge in [0, 0.05) is 19.4 Å². The molecule has 0 aromatic rings. The fourth-order valence-electron chi connectivity index (χ4n) is 4.76. The molecule has 0 aromatic heterocycles. The molecular weight excluding hydrogens is 304 g/mol. The molecule has 0 saturated carbocycles. The molecule has 2 aliphatic carbocycles. The molecular formula is C20H30O4. The molecule has 4 heteroatoms. The summed E-state index contributed by atoms with van der Waals surface area (Å²) in [6, 6.07) is 0. The normalized spacial score (nSPS) is 42.2. The lowest BCUT2D eigenvalue weighted by molar-refractivity contribution is -0.160. The number of cyclic esters (lactones) is 1. The summed E-state index contributed by atoms with van der Waals surface area (Å²) in [6.45, 7) is 4.52. The Balaban J connectivity index is 1.70. The van der Waals surface area contributed by atoms with Crippen LogP contribution in [0, 0.1) is 23.7 Å². The Morgan fingerprint density at radius 3 is 2.79 bits per heavy atom. The first-order valence-electron chi connectivity index (χ1n) is 9.28. The first kappa shape index (κ1) is 17.7. The third-order valence-electron chi connectivity index (χ3n) is 5.96. The van der Waals surface area contributed by atoms with Gasteiger partial charge in [-0.1, -0.05) is 32.1 Å². The number of esters is 1. The van der Waals surface area contributed by atoms with Crippen LogP contribution in [0.4, 0.5) is 0 Å². The van der Waals surface area contributed by atoms with Crippen molar-refractivity contribution in [3.05, 3.63) is 23.8 Å². The third-order valence-corrected chi connectivity index (χ3v) is 5.96. The van der Waals surface area contributed by atoms with E-state index in [1.165, 1.54) is 5.57 Å². The third kappa shape index (κ3) is 3.75. The van der Waals surface area contributed by atoms with Crippen molar-refractivity contribution in [1.82, 2.24) is 0 Å². The van der Waals surface area contributed by atoms with Crippen molar-refractivity contribution in [2.45, 2.75) is 64.3 Å². The molecule has 1 saturated heterocycles. The van der Waals surface area contributed by atoms with Crippen molar-refractivity contribution >= 4 is 5.97 Å². The molecule has 0 spiro atoms. The van der Waals surface area contributed by atoms with Crippen molar-refractivity contribution in [3.63, 3.8) is 0 Å². The number of rotatable bonds is 4. The molecule has 1 aliphatic heterocycles. The molecule has 3 aliphatic rings. The molecule has 1 N–H and O–H groups in total. The number of allylic oxidation sites excluding steroid dienone is 3. The van der Waals surface area contributed by atoms with Gasteiger partial charge in [0.15, 0.2) is 0 Å². The molecule has 7 atom stereocenters. The lowest BCUT2D eigenvalue weighted by Gasteiger charge is -2.43. The first-order chi connectivity index (χ1) is 11.5. The van der Waals surface area contributed by atoms with Gasteiger partial charge >= 0.3 is 5.97 Å². The van der Waals surface area contributed by atoms with Crippen molar-refractivity contribution in [2.75, 3.05) is 7.11 Å². The number of carbonyl (C=O) groups is 1. The van der Waals surface area contributed by atoms with E-state index in [1.54, 1.807) is 0 Å². The minimum absolute atomic E-state index is 0.137. The number of hydrogen-bond donors (Lipinski definition) is 1. The van der Waals surface area contributed by atoms with Crippen molar-refractivity contribution in [1.29, 1.82) is 0 Å². The lowest BCUT2D eigenvalue weighted by Crippen LogP contribution is -2.40. The van der Waals surface area contributed by atoms with Gasteiger partial charge in [-0.2, -0.15) is 0 Å². The highest BCUT2D eigenvalue weighted by Gasteiger charge is 2.40. The van der Waals surface area contributed by atoms with Crippen LogP contribution < -0.4 is 0 Å². The number of fused-ring (bicyclic) bond motifs is 1. The predicted molar refractivity (Wildman–Crippen MR) is 92.3 cm³/mol. The average molecular weight is 334 g/mol. The minimum Gasteiger partial charge on any atom is -0.462 e. The van der Waals surface area contributed by atoms with Crippen molar-refractivity contribution in [3.8, 4) is 0 Å². The maximum atomic E-state index is 11.5. The van der Waals surface area contributed by atoms with Gasteiger partial charge in [0.1, 0.15) is 6.10 Å². The Bertz CT molecular complexity index is 524. The van der Waals surface area contributed by atoms with Gasteiger partial charge in [-0.15, -0.1) is 0 Å². The van der Waals surface area contributed by atoms with Gasteiger partial charge in [-0.3, -0.25) is 4.79 Å². The molecule has 0 radical (unpaired) electrons. The summed E-state index contributed by atoms with van der Waals surface area (Å²) in [5.41, 5.74) is 1.41. The van der Waals surface area contributed by atoms with Crippen LogP contribution in [-0.4, -0.2) is 36.5 Å². The number of carbonyl (C=O) groups excluding carboxylic acids is 1. The Morgan fingerprint density at radius 2 is 2.08 bits per heavy atom. The number of aliphatic hydroxyl groups excluding tert-OH is 1. The maximum Gasteiger partial charge on any atom is 0.308 e. The molecule has 1 heterocycles. The SMILES string of the molecule is CO[C@H]1C[C@@H](C)C=C2C=C[C@H](C)[C@H](CC[C@@H]3C[C@@H](O)CC(=O)O3)[C@H]21. The highest BCUT2D eigenvalue weighted by atomic mass is 16.5. The molecule has 0 bridgehead atoms. The highest BCUT2D eigenvalue weighted by Crippen LogP contribution is 2.44. The van der Waals surface area contributed by atoms with Crippen LogP contribution in [0.25, 0.3) is 0 Å². The number of ether oxygens (including phenoxy) is 2. The fourth-order valence-corrected chi connectivity index (χ4v) is 4.76. The Morgan fingerprint density at radius 1 is 1.29 bits per heavy atom. The highest BCUT2D eigenvalue weighted by molar-refractivity contribution is 5.70. The Kier molecular flexibility index (Phi) is 5.46. The summed E-state index contributed by atoms with van der Waals surface area (Å²) in [4.78, 5) is 11.5. The summed E-state index contributed by atoms with van der Waals surface area (Å²) in [5.74, 6) is 1.70. The van der Waals surface area contributed by atoms with Gasteiger partial charge < -0.3 is 14.6 Å². The van der Waals surface area contributed by atoms with E-state index in [2.05, 4.69) is 32.1 Å². The number of methoxy groups -OCH3 is 1. The Hall–Kier alpha value is -1.13. The zero-order chi connectivity index (χ0) is 17.3. The summed E-state index contributed by atoms with van der Waals surface area (Å²) in [6.07, 6.45) is 10.1. The number of aliphatic hydroxyl groups is 1. The second kappa shape index (κ2) is 7.40. The first-order valence-corrected chi connectivity index (χ1v) is 9.28. The van der Waals surface area contributed by atoms with E-state index in [4.69, 9.17) is 9.47 Å². The molecule has 3 rings (SSSR count). The molecule has 134 valence electrons. The quantitative estimate of drug-likeness (QED) is 0.802. The van der Waals surface area contributed by atoms with E-state index in [1.807, 2.05) is 7.11 Å². The molecule has 0 unspecified atom stereocenters. The van der Waals surface area contributed by atoms with E-state index in [9.17, 15) is 9.90 Å². The lowest BCUT2D eigenvalue weighted by atomic mass is 9.65. The van der Waals surface area contributed by atoms with Crippen LogP contribution in [0.3, 0.4) is 0 Å². The summed E-state index contributed by atoms with van der Waals surface area (Å²) < 4.78 is 11.3. The summed E-state index contributed by atoms with van der Waals surface area (Å²) >= 11 is 0. The zero-order valence-electron chi connectivity index (χ0n) is 15.0. The summed E-state index contributed by atoms with van der Waals surface area (Å²) in [5, 5.41) is 9.79. The van der Waals surface area contributed by atoms with Crippen LogP contribution >= 0.6 is 0 Å². The van der Waals surface area contributed by atoms with E-state index in [0.717, 1.165) is 19.3 Å². The van der Waals surface area contributed by atoms with E-state index in [0.29, 0.717) is 30.1 Å². The maximum absolute atomic E-state index is 11.5. The van der Waals surface area contributed by atoms with E-state index >= 15 is 0 Å². The molecule has 24 heavy (non-hydrogen) atoms. The van der Waals surface area contributed by atoms with Crippen LogP contribution in [0.15, 0.2) is 23.8 Å². The van der Waals surface area contributed by atoms with Crippen molar-refractivity contribution in [2.24, 2.45) is 23.7 Å². The molecule has 0 amide bonds. The topological polar surface area (TPSA) is 55.8 Å². The zero-order valence-corrected chi connectivity index (χ0v) is 15.0. The van der Waals surface area contributed by atoms with E-state index in [-0.39, 0.29) is 24.6 Å². The van der Waals surface area contributed by atoms with E-state index < -0.39 is 6.10 Å². The average Bonchev–Trinajstić information content (AvgIpc) is 2.52. The second-order valence-corrected chi connectivity index (χ2v) is 7.84. The van der Waals surface area contributed by atoms with Crippen LogP contribution in [0.1, 0.15) is 46.0 Å². The monoisotopic (exact) mass is 334 g/mol. The van der Waals surface area contributed by atoms with Gasteiger partial charge in [-0.05, 0) is 42.6 Å². The van der Waals surface area contributed by atoms with Crippen LogP contribution in [0.5, 0.6) is 0 Å². The smallest absolute Gasteiger partial charge is 0.308 e. The molecule has 1 fully saturated rings. The molecule has 4 nitrogen and oxygen atoms in total. The van der Waals surface area contributed by atoms with Crippen LogP contribution in [0.2, 0.25) is 0 Å².